The molecule has 0 saturated carbocycles. The van der Waals surface area contributed by atoms with Gasteiger partial charge in [0.15, 0.2) is 14.5 Å². The van der Waals surface area contributed by atoms with Gasteiger partial charge < -0.3 is 19.4 Å². The molecule has 37 heavy (non-hydrogen) atoms. The fraction of sp³-hybridized carbons (Fsp3) is 0.519. The molecule has 1 amide bonds. The molecule has 4 aliphatic rings. The average molecular weight is 525 g/mol. The number of hydrogen-bond donors (Lipinski definition) is 2. The van der Waals surface area contributed by atoms with Crippen LogP contribution in [0.25, 0.3) is 0 Å². The number of hydrogen-bond acceptors (Lipinski definition) is 8. The van der Waals surface area contributed by atoms with Crippen LogP contribution in [0.2, 0.25) is 18.1 Å². The van der Waals surface area contributed by atoms with Gasteiger partial charge in [-0.3, -0.25) is 4.79 Å². The molecule has 0 aromatic heterocycles. The number of nitrogens with zero attached hydrogens (tertiary/aromatic N) is 4. The van der Waals surface area contributed by atoms with Crippen molar-refractivity contribution in [1.82, 2.24) is 10.0 Å². The van der Waals surface area contributed by atoms with Gasteiger partial charge in [-0.2, -0.15) is 10.2 Å². The average Bonchev–Trinajstić information content (AvgIpc) is 3.34. The molecular formula is C27H36N4O5Si. The number of allylic oxidation sites excluding steroid dienone is 2. The van der Waals surface area contributed by atoms with Crippen molar-refractivity contribution in [3.05, 3.63) is 58.8 Å². The summed E-state index contributed by atoms with van der Waals surface area (Å²) >= 11 is 0. The van der Waals surface area contributed by atoms with E-state index < -0.39 is 32.9 Å². The Morgan fingerprint density at radius 2 is 1.95 bits per heavy atom. The van der Waals surface area contributed by atoms with Crippen molar-refractivity contribution in [2.45, 2.75) is 76.3 Å². The van der Waals surface area contributed by atoms with Gasteiger partial charge in [-0.15, -0.1) is 0 Å². The smallest absolute Gasteiger partial charge is 0.274 e. The predicted molar refractivity (Wildman–Crippen MR) is 143 cm³/mol. The molecule has 1 aliphatic carbocycles. The maximum Gasteiger partial charge on any atom is 0.274 e. The molecule has 3 heterocycles. The van der Waals surface area contributed by atoms with Gasteiger partial charge in [0, 0.05) is 17.3 Å². The summed E-state index contributed by atoms with van der Waals surface area (Å²) in [6.07, 6.45) is 2.08. The van der Waals surface area contributed by atoms with E-state index >= 15 is 0 Å². The number of benzene rings is 1. The third-order valence-corrected chi connectivity index (χ3v) is 12.5. The number of carbonyl (C=O) groups is 1. The van der Waals surface area contributed by atoms with Gasteiger partial charge in [0.05, 0.1) is 19.4 Å². The highest BCUT2D eigenvalue weighted by molar-refractivity contribution is 6.74. The number of carbonyl (C=O) groups excluding carboxylic acids is 1. The first-order chi connectivity index (χ1) is 17.5. The summed E-state index contributed by atoms with van der Waals surface area (Å²) in [4.78, 5) is 13.1. The quantitative estimate of drug-likeness (QED) is 0.573. The molecule has 5 rings (SSSR count). The second kappa shape index (κ2) is 9.59. The lowest BCUT2D eigenvalue weighted by Gasteiger charge is -2.41. The minimum absolute atomic E-state index is 0.0697. The lowest BCUT2D eigenvalue weighted by Crippen LogP contribution is -2.52. The first kappa shape index (κ1) is 26.0. The second-order valence-electron chi connectivity index (χ2n) is 11.6. The van der Waals surface area contributed by atoms with E-state index in [0.29, 0.717) is 17.8 Å². The highest BCUT2D eigenvalue weighted by Crippen LogP contribution is 2.42. The van der Waals surface area contributed by atoms with Crippen LogP contribution < -0.4 is 0 Å². The zero-order valence-corrected chi connectivity index (χ0v) is 23.1. The van der Waals surface area contributed by atoms with E-state index in [0.717, 1.165) is 29.6 Å². The Morgan fingerprint density at radius 1 is 1.22 bits per heavy atom. The standard InChI is InChI=1S/C27H36N4O5Si/c1-27(2,3)37(4,5)36-24-23(33)21(16-32)35-26(24)31-15-19-12-11-18-14-30(28-13-20(29-31)22(18)19)25(34)17-9-7-6-8-10-17/h6-10,13,15,21,23-24,26,32-33H,11-12,14,16H2,1-5H3/t21-,23-,24-,26-/m1/s1. The first-order valence-electron chi connectivity index (χ1n) is 12.8. The number of aliphatic hydroxyl groups excluding tert-OH is 2. The van der Waals surface area contributed by atoms with Gasteiger partial charge in [-0.05, 0) is 54.3 Å². The van der Waals surface area contributed by atoms with Gasteiger partial charge >= 0.3 is 0 Å². The van der Waals surface area contributed by atoms with Crippen molar-refractivity contribution >= 4 is 26.2 Å². The highest BCUT2D eigenvalue weighted by Gasteiger charge is 2.52. The molecule has 4 atom stereocenters. The Kier molecular flexibility index (Phi) is 6.74. The Labute approximate surface area is 218 Å². The van der Waals surface area contributed by atoms with E-state index in [1.54, 1.807) is 23.4 Å². The van der Waals surface area contributed by atoms with E-state index in [4.69, 9.17) is 14.3 Å². The molecule has 2 N–H and O–H groups in total. The molecule has 10 heteroatoms. The Bertz CT molecular complexity index is 1190. The van der Waals surface area contributed by atoms with Crippen LogP contribution in [0.15, 0.2) is 63.5 Å². The van der Waals surface area contributed by atoms with Crippen molar-refractivity contribution < 1.29 is 24.2 Å². The van der Waals surface area contributed by atoms with Gasteiger partial charge in [0.25, 0.3) is 5.91 Å². The Hall–Kier alpha value is -2.63. The van der Waals surface area contributed by atoms with Gasteiger partial charge in [-0.1, -0.05) is 39.0 Å². The molecular weight excluding hydrogens is 488 g/mol. The third kappa shape index (κ3) is 4.72. The zero-order valence-electron chi connectivity index (χ0n) is 22.1. The highest BCUT2D eigenvalue weighted by atomic mass is 28.4. The normalized spacial score (nSPS) is 27.8. The summed E-state index contributed by atoms with van der Waals surface area (Å²) in [5.41, 5.74) is 4.49. The zero-order chi connectivity index (χ0) is 26.5. The van der Waals surface area contributed by atoms with Crippen molar-refractivity contribution in [2.75, 3.05) is 13.2 Å². The van der Waals surface area contributed by atoms with Crippen LogP contribution in [0.1, 0.15) is 44.0 Å². The predicted octanol–water partition coefficient (Wildman–Crippen LogP) is 3.24. The Morgan fingerprint density at radius 3 is 2.62 bits per heavy atom. The van der Waals surface area contributed by atoms with Crippen LogP contribution in [0.4, 0.5) is 0 Å². The summed E-state index contributed by atoms with van der Waals surface area (Å²) in [7, 11) is -2.27. The number of ether oxygens (including phenoxy) is 1. The summed E-state index contributed by atoms with van der Waals surface area (Å²) < 4.78 is 12.7. The van der Waals surface area contributed by atoms with Crippen LogP contribution in [-0.4, -0.2) is 84.1 Å². The topological polar surface area (TPSA) is 107 Å². The molecule has 0 bridgehead atoms. The molecule has 0 unspecified atom stereocenters. The van der Waals surface area contributed by atoms with Crippen LogP contribution in [0.3, 0.4) is 0 Å². The van der Waals surface area contributed by atoms with Crippen molar-refractivity contribution in [3.63, 3.8) is 0 Å². The summed E-state index contributed by atoms with van der Waals surface area (Å²) in [6.45, 7) is 10.8. The minimum atomic E-state index is -2.27. The summed E-state index contributed by atoms with van der Waals surface area (Å²) in [6, 6.07) is 9.13. The number of amides is 1. The number of hydrazone groups is 2. The number of aliphatic hydroxyl groups is 2. The SMILES string of the molecule is CC(C)(C)[Si](C)(C)O[C@@H]1[C@H](O)[C@@H](CO)O[C@H]1N1C=C2CCC3=C2C(=N1)C=NN(C(=O)c1ccccc1)C3. The second-order valence-corrected chi connectivity index (χ2v) is 16.3. The minimum Gasteiger partial charge on any atom is -0.406 e. The molecule has 0 spiro atoms. The monoisotopic (exact) mass is 524 g/mol. The van der Waals surface area contributed by atoms with Gasteiger partial charge in [0.2, 0.25) is 0 Å². The molecule has 1 aromatic carbocycles. The molecule has 1 fully saturated rings. The summed E-state index contributed by atoms with van der Waals surface area (Å²) in [5, 5.41) is 33.4. The van der Waals surface area contributed by atoms with Crippen LogP contribution >= 0.6 is 0 Å². The number of rotatable bonds is 5. The van der Waals surface area contributed by atoms with Crippen molar-refractivity contribution in [3.8, 4) is 0 Å². The Balaban J connectivity index is 1.46. The molecule has 1 aromatic rings. The maximum atomic E-state index is 13.1. The van der Waals surface area contributed by atoms with E-state index in [1.165, 1.54) is 5.01 Å². The molecule has 198 valence electrons. The third-order valence-electron chi connectivity index (χ3n) is 8.04. The van der Waals surface area contributed by atoms with Gasteiger partial charge in [-0.25, -0.2) is 10.0 Å². The van der Waals surface area contributed by atoms with E-state index in [1.807, 2.05) is 24.4 Å². The van der Waals surface area contributed by atoms with Crippen LogP contribution in [-0.2, 0) is 9.16 Å². The van der Waals surface area contributed by atoms with E-state index in [-0.39, 0.29) is 17.6 Å². The van der Waals surface area contributed by atoms with Crippen LogP contribution in [0.5, 0.6) is 0 Å². The largest absolute Gasteiger partial charge is 0.406 e. The van der Waals surface area contributed by atoms with Crippen LogP contribution in [0, 0.1) is 0 Å². The van der Waals surface area contributed by atoms with Crippen molar-refractivity contribution in [1.29, 1.82) is 0 Å². The van der Waals surface area contributed by atoms with E-state index in [9.17, 15) is 15.0 Å². The fourth-order valence-electron chi connectivity index (χ4n) is 4.91. The molecule has 0 radical (unpaired) electrons. The maximum absolute atomic E-state index is 13.1. The summed E-state index contributed by atoms with van der Waals surface area (Å²) in [5.74, 6) is -0.158. The molecule has 1 saturated heterocycles. The molecule has 3 aliphatic heterocycles. The van der Waals surface area contributed by atoms with Crippen molar-refractivity contribution in [2.24, 2.45) is 10.2 Å². The van der Waals surface area contributed by atoms with E-state index in [2.05, 4.69) is 39.0 Å². The first-order valence-corrected chi connectivity index (χ1v) is 15.7. The van der Waals surface area contributed by atoms with Gasteiger partial charge in [0.1, 0.15) is 24.0 Å². The lowest BCUT2D eigenvalue weighted by molar-refractivity contribution is -0.0775. The lowest BCUT2D eigenvalue weighted by atomic mass is 10.0. The fourth-order valence-corrected chi connectivity index (χ4v) is 6.19. The molecule has 9 nitrogen and oxygen atoms in total.